The fraction of sp³-hybridized carbons (Fsp3) is 0.462. The van der Waals surface area contributed by atoms with Crippen molar-refractivity contribution in [1.82, 2.24) is 5.32 Å². The molecular formula is C13H19NO5S. The van der Waals surface area contributed by atoms with E-state index in [9.17, 15) is 23.4 Å². The van der Waals surface area contributed by atoms with Crippen LogP contribution in [0.3, 0.4) is 0 Å². The molecule has 0 aliphatic carbocycles. The first kappa shape index (κ1) is 16.6. The van der Waals surface area contributed by atoms with Crippen LogP contribution in [0.4, 0.5) is 0 Å². The van der Waals surface area contributed by atoms with Crippen LogP contribution in [0.2, 0.25) is 0 Å². The molecule has 20 heavy (non-hydrogen) atoms. The van der Waals surface area contributed by atoms with Gasteiger partial charge >= 0.3 is 0 Å². The van der Waals surface area contributed by atoms with Crippen LogP contribution >= 0.6 is 0 Å². The number of benzene rings is 1. The highest BCUT2D eigenvalue weighted by Gasteiger charge is 2.22. The zero-order valence-electron chi connectivity index (χ0n) is 11.4. The van der Waals surface area contributed by atoms with Gasteiger partial charge in [-0.25, -0.2) is 8.42 Å². The van der Waals surface area contributed by atoms with Gasteiger partial charge in [-0.15, -0.1) is 0 Å². The van der Waals surface area contributed by atoms with Gasteiger partial charge in [0.2, 0.25) is 5.91 Å². The van der Waals surface area contributed by atoms with Gasteiger partial charge in [-0.1, -0.05) is 24.3 Å². The second kappa shape index (κ2) is 6.83. The highest BCUT2D eigenvalue weighted by Crippen LogP contribution is 2.22. The fourth-order valence-electron chi connectivity index (χ4n) is 1.80. The predicted molar refractivity (Wildman–Crippen MR) is 74.6 cm³/mol. The number of hydrogen-bond donors (Lipinski definition) is 3. The van der Waals surface area contributed by atoms with E-state index in [1.807, 2.05) is 0 Å². The third-order valence-electron chi connectivity index (χ3n) is 2.72. The number of carbonyl (C=O) groups excluding carboxylic acids is 1. The number of rotatable bonds is 6. The highest BCUT2D eigenvalue weighted by atomic mass is 32.2. The first-order valence-corrected chi connectivity index (χ1v) is 8.13. The number of hydrogen-bond acceptors (Lipinski definition) is 5. The van der Waals surface area contributed by atoms with Gasteiger partial charge in [-0.05, 0) is 11.1 Å². The molecule has 0 aliphatic rings. The summed E-state index contributed by atoms with van der Waals surface area (Å²) in [6, 6.07) is 6.46. The second-order valence-electron chi connectivity index (χ2n) is 4.72. The van der Waals surface area contributed by atoms with Crippen molar-refractivity contribution >= 4 is 15.7 Å². The second-order valence-corrected chi connectivity index (χ2v) is 6.86. The Morgan fingerprint density at radius 3 is 2.45 bits per heavy atom. The summed E-state index contributed by atoms with van der Waals surface area (Å²) in [7, 11) is -3.25. The highest BCUT2D eigenvalue weighted by molar-refractivity contribution is 7.89. The Morgan fingerprint density at radius 1 is 1.30 bits per heavy atom. The molecule has 0 aliphatic heterocycles. The van der Waals surface area contributed by atoms with Crippen molar-refractivity contribution < 1.29 is 23.4 Å². The summed E-state index contributed by atoms with van der Waals surface area (Å²) in [5.74, 6) is -0.534. The summed E-state index contributed by atoms with van der Waals surface area (Å²) in [5.41, 5.74) is 0.778. The minimum absolute atomic E-state index is 0.107. The lowest BCUT2D eigenvalue weighted by atomic mass is 9.99. The molecule has 3 N–H and O–H groups in total. The third-order valence-corrected chi connectivity index (χ3v) is 3.55. The van der Waals surface area contributed by atoms with Crippen molar-refractivity contribution in [3.63, 3.8) is 0 Å². The van der Waals surface area contributed by atoms with Gasteiger partial charge in [-0.2, -0.15) is 0 Å². The summed E-state index contributed by atoms with van der Waals surface area (Å²) in [6.45, 7) is 1.19. The Morgan fingerprint density at radius 2 is 1.90 bits per heavy atom. The monoisotopic (exact) mass is 301 g/mol. The van der Waals surface area contributed by atoms with Crippen LogP contribution in [0.25, 0.3) is 0 Å². The molecule has 6 nitrogen and oxygen atoms in total. The zero-order chi connectivity index (χ0) is 15.3. The average Bonchev–Trinajstić information content (AvgIpc) is 2.33. The van der Waals surface area contributed by atoms with E-state index in [-0.39, 0.29) is 18.2 Å². The summed E-state index contributed by atoms with van der Waals surface area (Å²) in [5, 5.41) is 22.3. The molecule has 1 aromatic rings. The molecular weight excluding hydrogens is 282 g/mol. The van der Waals surface area contributed by atoms with Crippen molar-refractivity contribution in [1.29, 1.82) is 0 Å². The topological polar surface area (TPSA) is 104 Å². The predicted octanol–water partition coefficient (Wildman–Crippen LogP) is -0.238. The van der Waals surface area contributed by atoms with E-state index in [0.29, 0.717) is 11.1 Å². The van der Waals surface area contributed by atoms with Crippen LogP contribution in [0.5, 0.6) is 0 Å². The molecule has 0 radical (unpaired) electrons. The summed E-state index contributed by atoms with van der Waals surface area (Å²) in [4.78, 5) is 10.8. The SMILES string of the molecule is CC(=O)NCC(O)C(O)c1ccccc1CS(C)(=O)=O. The molecule has 0 saturated carbocycles. The number of carbonyl (C=O) groups is 1. The van der Waals surface area contributed by atoms with Crippen LogP contribution < -0.4 is 5.32 Å². The quantitative estimate of drug-likeness (QED) is 0.673. The van der Waals surface area contributed by atoms with Crippen molar-refractivity contribution in [2.24, 2.45) is 0 Å². The van der Waals surface area contributed by atoms with Crippen molar-refractivity contribution in [3.05, 3.63) is 35.4 Å². The summed E-state index contributed by atoms with van der Waals surface area (Å²) in [6.07, 6.45) is -1.37. The number of aliphatic hydroxyl groups is 2. The third kappa shape index (κ3) is 5.28. The smallest absolute Gasteiger partial charge is 0.216 e. The molecule has 112 valence electrons. The lowest BCUT2D eigenvalue weighted by molar-refractivity contribution is -0.119. The number of sulfone groups is 1. The number of aliphatic hydroxyl groups excluding tert-OH is 2. The van der Waals surface area contributed by atoms with Gasteiger partial charge in [0.05, 0.1) is 5.75 Å². The molecule has 0 saturated heterocycles. The van der Waals surface area contributed by atoms with Gasteiger partial charge in [0.1, 0.15) is 12.2 Å². The van der Waals surface area contributed by atoms with Gasteiger partial charge in [-0.3, -0.25) is 4.79 Å². The minimum Gasteiger partial charge on any atom is -0.388 e. The average molecular weight is 301 g/mol. The molecule has 2 atom stereocenters. The normalized spacial score (nSPS) is 14.6. The van der Waals surface area contributed by atoms with E-state index in [4.69, 9.17) is 0 Å². The Labute approximate surface area is 118 Å². The van der Waals surface area contributed by atoms with Crippen molar-refractivity contribution in [2.75, 3.05) is 12.8 Å². The molecule has 1 rings (SSSR count). The molecule has 1 amide bonds. The molecule has 0 aromatic heterocycles. The van der Waals surface area contributed by atoms with Gasteiger partial charge in [0, 0.05) is 19.7 Å². The van der Waals surface area contributed by atoms with E-state index < -0.39 is 22.0 Å². The molecule has 0 spiro atoms. The zero-order valence-corrected chi connectivity index (χ0v) is 12.2. The van der Waals surface area contributed by atoms with E-state index >= 15 is 0 Å². The van der Waals surface area contributed by atoms with Crippen molar-refractivity contribution in [3.8, 4) is 0 Å². The summed E-state index contributed by atoms with van der Waals surface area (Å²) < 4.78 is 22.7. The molecule has 2 unspecified atom stereocenters. The van der Waals surface area contributed by atoms with Gasteiger partial charge in [0.25, 0.3) is 0 Å². The maximum atomic E-state index is 11.4. The van der Waals surface area contributed by atoms with Crippen LogP contribution in [0.1, 0.15) is 24.2 Å². The van der Waals surface area contributed by atoms with Crippen LogP contribution in [0.15, 0.2) is 24.3 Å². The number of nitrogens with one attached hydrogen (secondary N) is 1. The summed E-state index contributed by atoms with van der Waals surface area (Å²) >= 11 is 0. The van der Waals surface area contributed by atoms with Crippen LogP contribution in [-0.4, -0.2) is 43.4 Å². The maximum absolute atomic E-state index is 11.4. The Bertz CT molecular complexity index is 570. The molecule has 1 aromatic carbocycles. The van der Waals surface area contributed by atoms with E-state index in [2.05, 4.69) is 5.32 Å². The Kier molecular flexibility index (Phi) is 5.67. The number of amides is 1. The van der Waals surface area contributed by atoms with E-state index in [0.717, 1.165) is 6.26 Å². The van der Waals surface area contributed by atoms with Crippen LogP contribution in [0, 0.1) is 0 Å². The Hall–Kier alpha value is -1.44. The lowest BCUT2D eigenvalue weighted by Gasteiger charge is -2.20. The van der Waals surface area contributed by atoms with Gasteiger partial charge < -0.3 is 15.5 Å². The molecule has 0 fully saturated rings. The van der Waals surface area contributed by atoms with E-state index in [1.54, 1.807) is 24.3 Å². The van der Waals surface area contributed by atoms with Gasteiger partial charge in [0.15, 0.2) is 9.84 Å². The standard InChI is InChI=1S/C13H19NO5S/c1-9(15)14-7-12(16)13(17)11-6-4-3-5-10(11)8-20(2,18)19/h3-6,12-13,16-17H,7-8H2,1-2H3,(H,14,15). The first-order valence-electron chi connectivity index (χ1n) is 6.07. The fourth-order valence-corrected chi connectivity index (χ4v) is 2.63. The van der Waals surface area contributed by atoms with Crippen LogP contribution in [-0.2, 0) is 20.4 Å². The minimum atomic E-state index is -3.25. The molecule has 7 heteroatoms. The van der Waals surface area contributed by atoms with E-state index in [1.165, 1.54) is 6.92 Å². The first-order chi connectivity index (χ1) is 9.20. The maximum Gasteiger partial charge on any atom is 0.216 e. The largest absolute Gasteiger partial charge is 0.388 e. The molecule has 0 bridgehead atoms. The lowest BCUT2D eigenvalue weighted by Crippen LogP contribution is -2.34. The van der Waals surface area contributed by atoms with Crippen molar-refractivity contribution in [2.45, 2.75) is 24.9 Å². The molecule has 0 heterocycles. The Balaban J connectivity index is 2.92.